The summed E-state index contributed by atoms with van der Waals surface area (Å²) < 4.78 is 52.7. The van der Waals surface area contributed by atoms with Crippen LogP contribution in [0.25, 0.3) is 0 Å². The molecule has 0 aromatic heterocycles. The number of carbonyl (C=O) groups is 2. The van der Waals surface area contributed by atoms with Gasteiger partial charge in [-0.2, -0.15) is 0 Å². The van der Waals surface area contributed by atoms with Gasteiger partial charge in [0.2, 0.25) is 21.8 Å². The first-order valence-electron chi connectivity index (χ1n) is 14.7. The lowest BCUT2D eigenvalue weighted by Crippen LogP contribution is -2.55. The average molecular weight is 626 g/mol. The highest BCUT2D eigenvalue weighted by Gasteiger charge is 2.34. The van der Waals surface area contributed by atoms with E-state index in [1.807, 2.05) is 30.3 Å². The number of halogens is 1. The highest BCUT2D eigenvalue weighted by atomic mass is 32.2. The van der Waals surface area contributed by atoms with Crippen LogP contribution in [0.4, 0.5) is 10.1 Å². The number of nitrogens with one attached hydrogen (secondary N) is 1. The Morgan fingerprint density at radius 3 is 2.23 bits per heavy atom. The Kier molecular flexibility index (Phi) is 11.2. The Morgan fingerprint density at radius 2 is 1.59 bits per heavy atom. The Balaban J connectivity index is 1.74. The molecule has 3 aromatic rings. The van der Waals surface area contributed by atoms with E-state index in [4.69, 9.17) is 9.47 Å². The summed E-state index contributed by atoms with van der Waals surface area (Å²) in [5.74, 6) is -0.880. The molecule has 1 fully saturated rings. The van der Waals surface area contributed by atoms with Crippen LogP contribution in [0.1, 0.15) is 43.2 Å². The number of sulfonamides is 1. The summed E-state index contributed by atoms with van der Waals surface area (Å²) in [6.45, 7) is -0.852. The average Bonchev–Trinajstić information content (AvgIpc) is 3.02. The Labute approximate surface area is 259 Å². The van der Waals surface area contributed by atoms with Gasteiger partial charge in [-0.1, -0.05) is 67.8 Å². The van der Waals surface area contributed by atoms with Crippen LogP contribution in [0.15, 0.2) is 72.8 Å². The summed E-state index contributed by atoms with van der Waals surface area (Å²) in [5, 5.41) is 3.13. The Bertz CT molecular complexity index is 1530. The molecular formula is C33H40FN3O6S. The number of methoxy groups -OCH3 is 2. The standard InChI is InChI=1S/C33H40FN3O6S/c1-42-30-19-18-27(21-31(30)43-2)37(44(3,40)41)23-32(38)36(22-25-14-10-11-17-28(25)34)29(20-24-12-6-4-7-13-24)33(39)35-26-15-8-5-9-16-26/h4,6-7,10-14,17-19,21,26,29H,5,8-9,15-16,20,22-23H2,1-3H3,(H,35,39)/t29-/m1/s1. The first-order chi connectivity index (χ1) is 21.1. The monoisotopic (exact) mass is 625 g/mol. The van der Waals surface area contributed by atoms with E-state index < -0.39 is 34.3 Å². The fourth-order valence-corrected chi connectivity index (χ4v) is 6.34. The Morgan fingerprint density at radius 1 is 0.932 bits per heavy atom. The number of rotatable bonds is 13. The van der Waals surface area contributed by atoms with E-state index in [0.717, 1.165) is 48.2 Å². The molecule has 236 valence electrons. The van der Waals surface area contributed by atoms with Crippen LogP contribution in [0.3, 0.4) is 0 Å². The first kappa shape index (κ1) is 32.8. The second-order valence-corrected chi connectivity index (χ2v) is 12.9. The molecule has 3 aromatic carbocycles. The van der Waals surface area contributed by atoms with Crippen LogP contribution in [0, 0.1) is 5.82 Å². The second kappa shape index (κ2) is 15.1. The number of hydrogen-bond donors (Lipinski definition) is 1. The minimum Gasteiger partial charge on any atom is -0.493 e. The largest absolute Gasteiger partial charge is 0.493 e. The number of amides is 2. The van der Waals surface area contributed by atoms with Crippen molar-refractivity contribution in [3.8, 4) is 11.5 Å². The molecule has 0 bridgehead atoms. The lowest BCUT2D eigenvalue weighted by atomic mass is 9.94. The molecule has 0 heterocycles. The van der Waals surface area contributed by atoms with Crippen molar-refractivity contribution < 1.29 is 31.9 Å². The molecular weight excluding hydrogens is 585 g/mol. The van der Waals surface area contributed by atoms with Gasteiger partial charge in [0, 0.05) is 30.6 Å². The predicted molar refractivity (Wildman–Crippen MR) is 168 cm³/mol. The van der Waals surface area contributed by atoms with Gasteiger partial charge in [-0.25, -0.2) is 12.8 Å². The van der Waals surface area contributed by atoms with Gasteiger partial charge in [-0.05, 0) is 36.6 Å². The molecule has 44 heavy (non-hydrogen) atoms. The lowest BCUT2D eigenvalue weighted by Gasteiger charge is -2.35. The highest BCUT2D eigenvalue weighted by Crippen LogP contribution is 2.32. The van der Waals surface area contributed by atoms with Gasteiger partial charge < -0.3 is 19.7 Å². The third-order valence-corrected chi connectivity index (χ3v) is 9.00. The topological polar surface area (TPSA) is 105 Å². The Hall–Kier alpha value is -4.12. The van der Waals surface area contributed by atoms with Crippen molar-refractivity contribution in [1.82, 2.24) is 10.2 Å². The summed E-state index contributed by atoms with van der Waals surface area (Å²) in [4.78, 5) is 29.5. The van der Waals surface area contributed by atoms with E-state index in [1.165, 1.54) is 37.3 Å². The molecule has 1 N–H and O–H groups in total. The number of benzene rings is 3. The molecule has 1 atom stereocenters. The molecule has 1 aliphatic carbocycles. The molecule has 0 saturated heterocycles. The number of nitrogens with zero attached hydrogens (tertiary/aromatic N) is 2. The first-order valence-corrected chi connectivity index (χ1v) is 16.5. The fourth-order valence-electron chi connectivity index (χ4n) is 5.50. The van der Waals surface area contributed by atoms with Crippen LogP contribution in [0.5, 0.6) is 11.5 Å². The molecule has 4 rings (SSSR count). The second-order valence-electron chi connectivity index (χ2n) is 11.0. The van der Waals surface area contributed by atoms with Gasteiger partial charge in [0.1, 0.15) is 18.4 Å². The predicted octanol–water partition coefficient (Wildman–Crippen LogP) is 4.70. The van der Waals surface area contributed by atoms with Crippen molar-refractivity contribution in [2.75, 3.05) is 31.3 Å². The molecule has 0 unspecified atom stereocenters. The lowest BCUT2D eigenvalue weighted by molar-refractivity contribution is -0.140. The van der Waals surface area contributed by atoms with E-state index in [-0.39, 0.29) is 41.9 Å². The van der Waals surface area contributed by atoms with Crippen LogP contribution in [-0.2, 0) is 32.6 Å². The third kappa shape index (κ3) is 8.49. The van der Waals surface area contributed by atoms with E-state index in [2.05, 4.69) is 5.32 Å². The number of ether oxygens (including phenoxy) is 2. The van der Waals surface area contributed by atoms with Crippen LogP contribution >= 0.6 is 0 Å². The van der Waals surface area contributed by atoms with Gasteiger partial charge >= 0.3 is 0 Å². The van der Waals surface area contributed by atoms with Crippen molar-refractivity contribution in [2.45, 2.75) is 57.2 Å². The number of hydrogen-bond acceptors (Lipinski definition) is 6. The minimum atomic E-state index is -3.98. The number of anilines is 1. The molecule has 0 spiro atoms. The van der Waals surface area contributed by atoms with E-state index in [9.17, 15) is 22.4 Å². The van der Waals surface area contributed by atoms with Gasteiger partial charge in [-0.15, -0.1) is 0 Å². The molecule has 11 heteroatoms. The summed E-state index contributed by atoms with van der Waals surface area (Å²) >= 11 is 0. The molecule has 0 aliphatic heterocycles. The summed E-state index contributed by atoms with van der Waals surface area (Å²) in [5.41, 5.74) is 1.19. The zero-order valence-corrected chi connectivity index (χ0v) is 26.2. The summed E-state index contributed by atoms with van der Waals surface area (Å²) in [6, 6.07) is 18.8. The SMILES string of the molecule is COc1ccc(N(CC(=O)N(Cc2ccccc2F)[C@H](Cc2ccccc2)C(=O)NC2CCCCC2)S(C)(=O)=O)cc1OC. The molecule has 9 nitrogen and oxygen atoms in total. The van der Waals surface area contributed by atoms with Gasteiger partial charge in [0.15, 0.2) is 11.5 Å². The van der Waals surface area contributed by atoms with E-state index >= 15 is 0 Å². The molecule has 0 radical (unpaired) electrons. The van der Waals surface area contributed by atoms with Crippen molar-refractivity contribution in [3.63, 3.8) is 0 Å². The normalized spacial score (nSPS) is 14.4. The maximum atomic E-state index is 15.0. The van der Waals surface area contributed by atoms with Gasteiger partial charge in [0.05, 0.1) is 26.2 Å². The van der Waals surface area contributed by atoms with E-state index in [1.54, 1.807) is 24.3 Å². The van der Waals surface area contributed by atoms with Gasteiger partial charge in [-0.3, -0.25) is 13.9 Å². The zero-order valence-electron chi connectivity index (χ0n) is 25.4. The maximum absolute atomic E-state index is 15.0. The minimum absolute atomic E-state index is 0.0285. The maximum Gasteiger partial charge on any atom is 0.244 e. The van der Waals surface area contributed by atoms with Crippen LogP contribution in [0.2, 0.25) is 0 Å². The molecule has 1 aliphatic rings. The smallest absolute Gasteiger partial charge is 0.244 e. The van der Waals surface area contributed by atoms with Gasteiger partial charge in [0.25, 0.3) is 0 Å². The zero-order chi connectivity index (χ0) is 31.7. The van der Waals surface area contributed by atoms with Crippen LogP contribution < -0.4 is 19.1 Å². The molecule has 2 amide bonds. The summed E-state index contributed by atoms with van der Waals surface area (Å²) in [7, 11) is -1.10. The third-order valence-electron chi connectivity index (χ3n) is 7.86. The highest BCUT2D eigenvalue weighted by molar-refractivity contribution is 7.92. The molecule has 1 saturated carbocycles. The van der Waals surface area contributed by atoms with Crippen molar-refractivity contribution in [2.24, 2.45) is 0 Å². The van der Waals surface area contributed by atoms with Crippen molar-refractivity contribution >= 4 is 27.5 Å². The van der Waals surface area contributed by atoms with Crippen molar-refractivity contribution in [3.05, 3.63) is 89.7 Å². The summed E-state index contributed by atoms with van der Waals surface area (Å²) in [6.07, 6.45) is 5.94. The van der Waals surface area contributed by atoms with Crippen LogP contribution in [-0.4, -0.2) is 64.2 Å². The van der Waals surface area contributed by atoms with E-state index in [0.29, 0.717) is 5.75 Å². The fraction of sp³-hybridized carbons (Fsp3) is 0.394. The van der Waals surface area contributed by atoms with Crippen molar-refractivity contribution in [1.29, 1.82) is 0 Å². The number of carbonyl (C=O) groups excluding carboxylic acids is 2. The quantitative estimate of drug-likeness (QED) is 0.295.